The molecule has 0 saturated carbocycles. The van der Waals surface area contributed by atoms with Gasteiger partial charge in [-0.05, 0) is 56.1 Å². The molecule has 1 aromatic heterocycles. The summed E-state index contributed by atoms with van der Waals surface area (Å²) in [5.74, 6) is 0.507. The first-order valence-corrected chi connectivity index (χ1v) is 6.90. The van der Waals surface area contributed by atoms with Crippen LogP contribution >= 0.6 is 0 Å². The largest absolute Gasteiger partial charge is 0.305 e. The fraction of sp³-hybridized carbons (Fsp3) is 0.375. The van der Waals surface area contributed by atoms with Gasteiger partial charge in [0, 0.05) is 6.20 Å². The van der Waals surface area contributed by atoms with E-state index in [4.69, 9.17) is 0 Å². The molecule has 0 saturated heterocycles. The van der Waals surface area contributed by atoms with Gasteiger partial charge in [-0.2, -0.15) is 0 Å². The predicted octanol–water partition coefficient (Wildman–Crippen LogP) is 3.32. The van der Waals surface area contributed by atoms with Crippen molar-refractivity contribution < 1.29 is 4.39 Å². The van der Waals surface area contributed by atoms with Crippen LogP contribution in [-0.2, 0) is 0 Å². The Kier molecular flexibility index (Phi) is 4.79. The van der Waals surface area contributed by atoms with E-state index in [-0.39, 0.29) is 11.9 Å². The van der Waals surface area contributed by atoms with Crippen molar-refractivity contribution in [3.8, 4) is 0 Å². The van der Waals surface area contributed by atoms with E-state index in [1.807, 2.05) is 26.0 Å². The Bertz CT molecular complexity index is 563. The van der Waals surface area contributed by atoms with Crippen molar-refractivity contribution in [3.05, 3.63) is 58.9 Å². The molecule has 0 radical (unpaired) electrons. The molecule has 0 aliphatic rings. The molecule has 4 heteroatoms. The minimum absolute atomic E-state index is 0.106. The number of rotatable bonds is 5. The van der Waals surface area contributed by atoms with E-state index in [1.165, 1.54) is 6.07 Å². The Balaban J connectivity index is 2.41. The highest BCUT2D eigenvalue weighted by molar-refractivity contribution is 5.31. The standard InChI is InChI=1S/C16H20FN3/c1-4-6-19-16(15-5-7-18-12(3)20-15)13-8-11(2)9-14(17)10-13/h5,7-10,16,19H,4,6H2,1-3H3. The van der Waals surface area contributed by atoms with Gasteiger partial charge in [0.05, 0.1) is 11.7 Å². The number of hydrogen-bond acceptors (Lipinski definition) is 3. The molecule has 0 bridgehead atoms. The van der Waals surface area contributed by atoms with Crippen molar-refractivity contribution in [2.45, 2.75) is 33.2 Å². The van der Waals surface area contributed by atoms with Gasteiger partial charge >= 0.3 is 0 Å². The van der Waals surface area contributed by atoms with Gasteiger partial charge in [-0.3, -0.25) is 0 Å². The van der Waals surface area contributed by atoms with Crippen LogP contribution < -0.4 is 5.32 Å². The minimum atomic E-state index is -0.214. The number of aromatic nitrogens is 2. The van der Waals surface area contributed by atoms with E-state index in [0.29, 0.717) is 0 Å². The topological polar surface area (TPSA) is 37.8 Å². The summed E-state index contributed by atoms with van der Waals surface area (Å²) >= 11 is 0. The summed E-state index contributed by atoms with van der Waals surface area (Å²) in [5.41, 5.74) is 2.68. The van der Waals surface area contributed by atoms with Crippen LogP contribution in [0.4, 0.5) is 4.39 Å². The van der Waals surface area contributed by atoms with Gasteiger partial charge in [-0.25, -0.2) is 14.4 Å². The summed E-state index contributed by atoms with van der Waals surface area (Å²) in [6, 6.07) is 6.86. The molecule has 1 aromatic carbocycles. The molecule has 106 valence electrons. The van der Waals surface area contributed by atoms with Crippen molar-refractivity contribution in [1.82, 2.24) is 15.3 Å². The van der Waals surface area contributed by atoms with Crippen LogP contribution in [0, 0.1) is 19.7 Å². The van der Waals surface area contributed by atoms with Crippen molar-refractivity contribution >= 4 is 0 Å². The zero-order valence-corrected chi connectivity index (χ0v) is 12.2. The van der Waals surface area contributed by atoms with Gasteiger partial charge in [0.2, 0.25) is 0 Å². The third-order valence-electron chi connectivity index (χ3n) is 3.09. The lowest BCUT2D eigenvalue weighted by Crippen LogP contribution is -2.24. The van der Waals surface area contributed by atoms with Crippen LogP contribution in [0.2, 0.25) is 0 Å². The molecule has 3 nitrogen and oxygen atoms in total. The zero-order chi connectivity index (χ0) is 14.5. The van der Waals surface area contributed by atoms with Crippen LogP contribution in [-0.4, -0.2) is 16.5 Å². The van der Waals surface area contributed by atoms with Crippen molar-refractivity contribution in [2.75, 3.05) is 6.54 Å². The first-order valence-electron chi connectivity index (χ1n) is 6.90. The molecule has 0 amide bonds. The fourth-order valence-corrected chi connectivity index (χ4v) is 2.25. The highest BCUT2D eigenvalue weighted by Crippen LogP contribution is 2.22. The van der Waals surface area contributed by atoms with E-state index in [0.717, 1.165) is 35.6 Å². The highest BCUT2D eigenvalue weighted by Gasteiger charge is 2.16. The summed E-state index contributed by atoms with van der Waals surface area (Å²) in [5, 5.41) is 3.43. The second-order valence-electron chi connectivity index (χ2n) is 4.98. The Morgan fingerprint density at radius 1 is 1.25 bits per heavy atom. The van der Waals surface area contributed by atoms with Crippen molar-refractivity contribution in [1.29, 1.82) is 0 Å². The van der Waals surface area contributed by atoms with Gasteiger partial charge in [-0.1, -0.05) is 13.0 Å². The second kappa shape index (κ2) is 6.57. The Morgan fingerprint density at radius 2 is 2.05 bits per heavy atom. The summed E-state index contributed by atoms with van der Waals surface area (Å²) in [6.45, 7) is 6.71. The van der Waals surface area contributed by atoms with Crippen LogP contribution in [0.5, 0.6) is 0 Å². The molecule has 0 fully saturated rings. The summed E-state index contributed by atoms with van der Waals surface area (Å²) in [7, 11) is 0. The van der Waals surface area contributed by atoms with E-state index in [2.05, 4.69) is 22.2 Å². The lowest BCUT2D eigenvalue weighted by atomic mass is 10.0. The van der Waals surface area contributed by atoms with Crippen LogP contribution in [0.15, 0.2) is 30.5 Å². The van der Waals surface area contributed by atoms with Crippen molar-refractivity contribution in [2.24, 2.45) is 0 Å². The van der Waals surface area contributed by atoms with Crippen LogP contribution in [0.25, 0.3) is 0 Å². The van der Waals surface area contributed by atoms with Crippen molar-refractivity contribution in [3.63, 3.8) is 0 Å². The van der Waals surface area contributed by atoms with E-state index in [9.17, 15) is 4.39 Å². The zero-order valence-electron chi connectivity index (χ0n) is 12.2. The number of halogens is 1. The fourth-order valence-electron chi connectivity index (χ4n) is 2.25. The maximum absolute atomic E-state index is 13.6. The first-order chi connectivity index (χ1) is 9.60. The maximum atomic E-state index is 13.6. The number of benzene rings is 1. The number of hydrogen-bond donors (Lipinski definition) is 1. The molecule has 20 heavy (non-hydrogen) atoms. The molecule has 0 aliphatic heterocycles. The third kappa shape index (κ3) is 3.61. The molecule has 0 aliphatic carbocycles. The lowest BCUT2D eigenvalue weighted by Gasteiger charge is -2.19. The molecule has 2 rings (SSSR count). The van der Waals surface area contributed by atoms with Gasteiger partial charge < -0.3 is 5.32 Å². The monoisotopic (exact) mass is 273 g/mol. The van der Waals surface area contributed by atoms with Gasteiger partial charge in [-0.15, -0.1) is 0 Å². The number of aryl methyl sites for hydroxylation is 2. The quantitative estimate of drug-likeness (QED) is 0.908. The van der Waals surface area contributed by atoms with Gasteiger partial charge in [0.1, 0.15) is 11.6 Å². The molecular formula is C16H20FN3. The number of nitrogens with one attached hydrogen (secondary N) is 1. The lowest BCUT2D eigenvalue weighted by molar-refractivity contribution is 0.573. The molecule has 1 atom stereocenters. The smallest absolute Gasteiger partial charge is 0.125 e. The number of nitrogens with zero attached hydrogens (tertiary/aromatic N) is 2. The van der Waals surface area contributed by atoms with E-state index < -0.39 is 0 Å². The van der Waals surface area contributed by atoms with E-state index in [1.54, 1.807) is 12.3 Å². The Hall–Kier alpha value is -1.81. The van der Waals surface area contributed by atoms with E-state index >= 15 is 0 Å². The van der Waals surface area contributed by atoms with Gasteiger partial charge in [0.15, 0.2) is 0 Å². The molecule has 0 spiro atoms. The molecular weight excluding hydrogens is 253 g/mol. The Labute approximate surface area is 119 Å². The average Bonchev–Trinajstić information content (AvgIpc) is 2.38. The minimum Gasteiger partial charge on any atom is -0.305 e. The first kappa shape index (κ1) is 14.6. The molecule has 1 N–H and O–H groups in total. The predicted molar refractivity (Wildman–Crippen MR) is 78.0 cm³/mol. The normalized spacial score (nSPS) is 12.4. The molecule has 1 heterocycles. The third-order valence-corrected chi connectivity index (χ3v) is 3.09. The van der Waals surface area contributed by atoms with Crippen LogP contribution in [0.1, 0.15) is 42.0 Å². The second-order valence-corrected chi connectivity index (χ2v) is 4.98. The summed E-state index contributed by atoms with van der Waals surface area (Å²) < 4.78 is 13.6. The maximum Gasteiger partial charge on any atom is 0.125 e. The SMILES string of the molecule is CCCNC(c1cc(C)cc(F)c1)c1ccnc(C)n1. The summed E-state index contributed by atoms with van der Waals surface area (Å²) in [6.07, 6.45) is 2.75. The molecule has 2 aromatic rings. The summed E-state index contributed by atoms with van der Waals surface area (Å²) in [4.78, 5) is 8.58. The Morgan fingerprint density at radius 3 is 2.70 bits per heavy atom. The average molecular weight is 273 g/mol. The van der Waals surface area contributed by atoms with Gasteiger partial charge in [0.25, 0.3) is 0 Å². The highest BCUT2D eigenvalue weighted by atomic mass is 19.1. The molecule has 1 unspecified atom stereocenters. The van der Waals surface area contributed by atoms with Crippen LogP contribution in [0.3, 0.4) is 0 Å².